The molecule has 4 heteroatoms. The van der Waals surface area contributed by atoms with Crippen LogP contribution in [-0.2, 0) is 6.42 Å². The number of hydrogen-bond donors (Lipinski definition) is 0. The zero-order valence-electron chi connectivity index (χ0n) is 16.3. The van der Waals surface area contributed by atoms with E-state index in [1.807, 2.05) is 36.4 Å². The third-order valence-corrected chi connectivity index (χ3v) is 6.41. The molecular weight excluding hydrogens is 376 g/mol. The molecule has 29 heavy (non-hydrogen) atoms. The van der Waals surface area contributed by atoms with Gasteiger partial charge in [-0.3, -0.25) is 4.79 Å². The van der Waals surface area contributed by atoms with E-state index in [2.05, 4.69) is 38.1 Å². The van der Waals surface area contributed by atoms with Gasteiger partial charge in [0.25, 0.3) is 0 Å². The monoisotopic (exact) mass is 396 g/mol. The van der Waals surface area contributed by atoms with Crippen molar-refractivity contribution in [2.45, 2.75) is 36.0 Å². The Bertz CT molecular complexity index is 1170. The summed E-state index contributed by atoms with van der Waals surface area (Å²) in [6.45, 7) is 4.43. The van der Waals surface area contributed by atoms with Crippen molar-refractivity contribution in [1.29, 1.82) is 10.5 Å². The Kier molecular flexibility index (Phi) is 5.14. The lowest BCUT2D eigenvalue weighted by molar-refractivity contribution is 0.0959. The van der Waals surface area contributed by atoms with Crippen LogP contribution in [0.25, 0.3) is 10.8 Å². The summed E-state index contributed by atoms with van der Waals surface area (Å²) in [5.74, 6) is -1.16. The normalized spacial score (nSPS) is 15.1. The van der Waals surface area contributed by atoms with Gasteiger partial charge >= 0.3 is 0 Å². The molecule has 0 aliphatic heterocycles. The Balaban J connectivity index is 1.74. The van der Waals surface area contributed by atoms with E-state index in [9.17, 15) is 15.3 Å². The smallest absolute Gasteiger partial charge is 0.173 e. The SMILES string of the molecule is CC(C)Cc1ccc(Sc2ccc3c4c(cccc24)C(=O)C3C(C#N)C#N)cc1. The van der Waals surface area contributed by atoms with Crippen molar-refractivity contribution in [1.82, 2.24) is 0 Å². The Morgan fingerprint density at radius 1 is 1.00 bits per heavy atom. The molecule has 0 fully saturated rings. The number of rotatable bonds is 5. The zero-order chi connectivity index (χ0) is 20.5. The molecule has 142 valence electrons. The summed E-state index contributed by atoms with van der Waals surface area (Å²) in [5.41, 5.74) is 2.75. The van der Waals surface area contributed by atoms with Gasteiger partial charge in [0.15, 0.2) is 5.78 Å². The van der Waals surface area contributed by atoms with Crippen LogP contribution in [0.4, 0.5) is 0 Å². The summed E-state index contributed by atoms with van der Waals surface area (Å²) < 4.78 is 0. The molecule has 4 rings (SSSR count). The Morgan fingerprint density at radius 3 is 2.38 bits per heavy atom. The predicted octanol–water partition coefficient (Wildman–Crippen LogP) is 6.13. The first-order valence-electron chi connectivity index (χ1n) is 9.69. The summed E-state index contributed by atoms with van der Waals surface area (Å²) >= 11 is 1.67. The van der Waals surface area contributed by atoms with Crippen LogP contribution in [0.5, 0.6) is 0 Å². The molecule has 0 radical (unpaired) electrons. The third-order valence-electron chi connectivity index (χ3n) is 5.32. The molecule has 0 spiro atoms. The van der Waals surface area contributed by atoms with Crippen LogP contribution < -0.4 is 0 Å². The molecule has 0 bridgehead atoms. The average molecular weight is 397 g/mol. The summed E-state index contributed by atoms with van der Waals surface area (Å²) in [4.78, 5) is 15.1. The molecule has 0 saturated heterocycles. The highest BCUT2D eigenvalue weighted by Gasteiger charge is 2.38. The number of nitrogens with zero attached hydrogens (tertiary/aromatic N) is 2. The second kappa shape index (κ2) is 7.74. The number of carbonyl (C=O) groups excluding carboxylic acids is 1. The van der Waals surface area contributed by atoms with Crippen molar-refractivity contribution in [3.05, 3.63) is 71.3 Å². The van der Waals surface area contributed by atoms with Crippen molar-refractivity contribution < 1.29 is 4.79 Å². The van der Waals surface area contributed by atoms with Crippen molar-refractivity contribution in [3.63, 3.8) is 0 Å². The molecule has 1 aliphatic rings. The van der Waals surface area contributed by atoms with Crippen molar-refractivity contribution in [2.75, 3.05) is 0 Å². The van der Waals surface area contributed by atoms with E-state index >= 15 is 0 Å². The van der Waals surface area contributed by atoms with Crippen molar-refractivity contribution in [3.8, 4) is 12.1 Å². The Hall–Kier alpha value is -3.08. The van der Waals surface area contributed by atoms with Gasteiger partial charge in [-0.15, -0.1) is 0 Å². The van der Waals surface area contributed by atoms with E-state index < -0.39 is 11.8 Å². The van der Waals surface area contributed by atoms with Crippen LogP contribution >= 0.6 is 11.8 Å². The van der Waals surface area contributed by atoms with Gasteiger partial charge < -0.3 is 0 Å². The topological polar surface area (TPSA) is 64.7 Å². The van der Waals surface area contributed by atoms with Crippen molar-refractivity contribution in [2.24, 2.45) is 11.8 Å². The fraction of sp³-hybridized carbons (Fsp3) is 0.240. The van der Waals surface area contributed by atoms with Gasteiger partial charge in [0.05, 0.1) is 18.1 Å². The standard InChI is InChI=1S/C25H20N2OS/c1-15(2)12-16-6-8-18(9-7-16)29-22-11-10-20-23(17(13-26)14-27)25(28)21-5-3-4-19(22)24(20)21/h3-11,15,17,23H,12H2,1-2H3. The number of nitriles is 2. The lowest BCUT2D eigenvalue weighted by Crippen LogP contribution is -2.15. The van der Waals surface area contributed by atoms with Gasteiger partial charge in [-0.1, -0.05) is 62.0 Å². The van der Waals surface area contributed by atoms with E-state index in [0.717, 1.165) is 32.5 Å². The number of hydrogen-bond acceptors (Lipinski definition) is 4. The highest BCUT2D eigenvalue weighted by Crippen LogP contribution is 2.45. The van der Waals surface area contributed by atoms with Crippen LogP contribution in [0.3, 0.4) is 0 Å². The highest BCUT2D eigenvalue weighted by atomic mass is 32.2. The minimum absolute atomic E-state index is 0.126. The quantitative estimate of drug-likeness (QED) is 0.520. The first-order valence-corrected chi connectivity index (χ1v) is 10.5. The molecule has 0 aromatic heterocycles. The summed E-state index contributed by atoms with van der Waals surface area (Å²) in [5, 5.41) is 20.6. The van der Waals surface area contributed by atoms with E-state index in [-0.39, 0.29) is 5.78 Å². The highest BCUT2D eigenvalue weighted by molar-refractivity contribution is 7.99. The molecule has 0 heterocycles. The Morgan fingerprint density at radius 2 is 1.72 bits per heavy atom. The second-order valence-corrected chi connectivity index (χ2v) is 8.92. The lowest BCUT2D eigenvalue weighted by Gasteiger charge is -2.12. The summed E-state index contributed by atoms with van der Waals surface area (Å²) in [6.07, 6.45) is 1.06. The number of ketones is 1. The zero-order valence-corrected chi connectivity index (χ0v) is 17.2. The second-order valence-electron chi connectivity index (χ2n) is 7.80. The molecule has 0 N–H and O–H groups in total. The first kappa shape index (κ1) is 19.2. The largest absolute Gasteiger partial charge is 0.293 e. The predicted molar refractivity (Wildman–Crippen MR) is 115 cm³/mol. The fourth-order valence-electron chi connectivity index (χ4n) is 4.07. The maximum absolute atomic E-state index is 12.9. The van der Waals surface area contributed by atoms with Crippen LogP contribution in [0.15, 0.2) is 64.4 Å². The fourth-order valence-corrected chi connectivity index (χ4v) is 5.01. The van der Waals surface area contributed by atoms with E-state index in [0.29, 0.717) is 11.5 Å². The molecular formula is C25H20N2OS. The van der Waals surface area contributed by atoms with Crippen LogP contribution in [0, 0.1) is 34.5 Å². The molecule has 1 atom stereocenters. The average Bonchev–Trinajstić information content (AvgIpc) is 3.00. The van der Waals surface area contributed by atoms with E-state index in [1.54, 1.807) is 17.8 Å². The minimum atomic E-state index is -0.967. The molecule has 3 aromatic rings. The molecule has 0 amide bonds. The molecule has 0 saturated carbocycles. The van der Waals surface area contributed by atoms with Gasteiger partial charge in [-0.2, -0.15) is 10.5 Å². The maximum Gasteiger partial charge on any atom is 0.173 e. The third kappa shape index (κ3) is 3.41. The molecule has 1 unspecified atom stereocenters. The van der Waals surface area contributed by atoms with Crippen LogP contribution in [0.2, 0.25) is 0 Å². The Labute approximate surface area is 175 Å². The van der Waals surface area contributed by atoms with Crippen molar-refractivity contribution >= 4 is 28.3 Å². The van der Waals surface area contributed by atoms with Gasteiger partial charge in [-0.25, -0.2) is 0 Å². The molecule has 3 nitrogen and oxygen atoms in total. The number of Topliss-reactive ketones (excluding diaryl/α,β-unsaturated/α-hetero) is 1. The number of benzene rings is 3. The number of carbonyl (C=O) groups is 1. The van der Waals surface area contributed by atoms with Gasteiger partial charge in [0, 0.05) is 15.4 Å². The minimum Gasteiger partial charge on any atom is -0.293 e. The van der Waals surface area contributed by atoms with Gasteiger partial charge in [0.1, 0.15) is 5.92 Å². The van der Waals surface area contributed by atoms with E-state index in [1.165, 1.54) is 5.56 Å². The first-order chi connectivity index (χ1) is 14.0. The molecule has 3 aromatic carbocycles. The lowest BCUT2D eigenvalue weighted by atomic mass is 9.87. The maximum atomic E-state index is 12.9. The van der Waals surface area contributed by atoms with Gasteiger partial charge in [-0.05, 0) is 52.4 Å². The van der Waals surface area contributed by atoms with E-state index in [4.69, 9.17) is 0 Å². The van der Waals surface area contributed by atoms with Gasteiger partial charge in [0.2, 0.25) is 0 Å². The summed E-state index contributed by atoms with van der Waals surface area (Å²) in [6, 6.07) is 22.2. The van der Waals surface area contributed by atoms with Crippen LogP contribution in [-0.4, -0.2) is 5.78 Å². The van der Waals surface area contributed by atoms with Crippen LogP contribution in [0.1, 0.15) is 41.3 Å². The molecule has 1 aliphatic carbocycles. The summed E-state index contributed by atoms with van der Waals surface area (Å²) in [7, 11) is 0.